The van der Waals surface area contributed by atoms with Crippen molar-refractivity contribution in [1.82, 2.24) is 5.32 Å². The van der Waals surface area contributed by atoms with Crippen molar-refractivity contribution < 1.29 is 51.4 Å². The number of hydrogen-bond donors (Lipinski definition) is 1. The van der Waals surface area contributed by atoms with Crippen LogP contribution in [0.3, 0.4) is 0 Å². The summed E-state index contributed by atoms with van der Waals surface area (Å²) in [5.41, 5.74) is 0.643. The normalized spacial score (nSPS) is 12.8. The summed E-state index contributed by atoms with van der Waals surface area (Å²) in [7, 11) is 0. The predicted octanol–water partition coefficient (Wildman–Crippen LogP) is 3.76. The molecule has 0 fully saturated rings. The second-order valence-electron chi connectivity index (χ2n) is 6.12. The number of halogens is 1. The van der Waals surface area contributed by atoms with Gasteiger partial charge in [-0.25, -0.2) is 4.39 Å². The number of carbonyl (C=O) groups is 2. The fourth-order valence-electron chi connectivity index (χ4n) is 2.24. The number of unbranched alkanes of at least 4 members (excludes halogenated alkanes) is 2. The molecule has 0 aliphatic carbocycles. The van der Waals surface area contributed by atoms with Crippen LogP contribution in [0.2, 0.25) is 0 Å². The third-order valence-corrected chi connectivity index (χ3v) is 3.70. The number of ether oxygens (including phenoxy) is 1. The average molecular weight is 425 g/mol. The van der Waals surface area contributed by atoms with Crippen LogP contribution >= 0.6 is 0 Å². The predicted molar refractivity (Wildman–Crippen MR) is 91.0 cm³/mol. The molecule has 0 unspecified atom stereocenters. The molecule has 1 rings (SSSR count). The molecule has 0 saturated heterocycles. The van der Waals surface area contributed by atoms with Gasteiger partial charge in [0.05, 0.1) is 6.04 Å². The van der Waals surface area contributed by atoms with E-state index in [1.54, 1.807) is 38.1 Å². The Kier molecular flexibility index (Phi) is 13.0. The van der Waals surface area contributed by atoms with Crippen molar-refractivity contribution in [2.24, 2.45) is 5.92 Å². The summed E-state index contributed by atoms with van der Waals surface area (Å²) in [5.74, 6) is -0.922. The molecule has 0 spiro atoms. The van der Waals surface area contributed by atoms with Crippen molar-refractivity contribution in [2.45, 2.75) is 58.6 Å². The fraction of sp³-hybridized carbons (Fsp3) is 0.579. The van der Waals surface area contributed by atoms with Crippen molar-refractivity contribution in [1.29, 1.82) is 0 Å². The molecular formula is C19H27FNO3Y-. The fourth-order valence-corrected chi connectivity index (χ4v) is 2.24. The van der Waals surface area contributed by atoms with E-state index in [4.69, 9.17) is 4.74 Å². The molecule has 0 aromatic heterocycles. The summed E-state index contributed by atoms with van der Waals surface area (Å²) in [6.45, 7) is 4.70. The van der Waals surface area contributed by atoms with Gasteiger partial charge in [-0.1, -0.05) is 33.6 Å². The Bertz CT molecular complexity index is 511. The molecule has 25 heavy (non-hydrogen) atoms. The zero-order chi connectivity index (χ0) is 17.9. The molecule has 0 heterocycles. The van der Waals surface area contributed by atoms with Crippen LogP contribution in [0.4, 0.5) is 4.39 Å². The van der Waals surface area contributed by atoms with Gasteiger partial charge in [0.15, 0.2) is 0 Å². The molecule has 0 aliphatic rings. The van der Waals surface area contributed by atoms with Crippen molar-refractivity contribution in [3.05, 3.63) is 35.9 Å². The Labute approximate surface area is 175 Å². The largest absolute Gasteiger partial charge is 0.457 e. The average Bonchev–Trinajstić information content (AvgIpc) is 2.58. The van der Waals surface area contributed by atoms with E-state index in [-0.39, 0.29) is 50.5 Å². The Hall–Kier alpha value is -0.806. The van der Waals surface area contributed by atoms with Gasteiger partial charge >= 0.3 is 5.97 Å². The number of esters is 1. The Morgan fingerprint density at radius 2 is 1.88 bits per heavy atom. The van der Waals surface area contributed by atoms with Crippen molar-refractivity contribution in [3.8, 4) is 0 Å². The van der Waals surface area contributed by atoms with Crippen molar-refractivity contribution in [3.63, 3.8) is 0 Å². The van der Waals surface area contributed by atoms with Gasteiger partial charge in [0.2, 0.25) is 5.91 Å². The van der Waals surface area contributed by atoms with Crippen LogP contribution in [-0.4, -0.2) is 24.6 Å². The van der Waals surface area contributed by atoms with E-state index in [1.165, 1.54) is 0 Å². The van der Waals surface area contributed by atoms with E-state index >= 15 is 0 Å². The zero-order valence-corrected chi connectivity index (χ0v) is 18.1. The van der Waals surface area contributed by atoms with E-state index in [1.807, 2.05) is 0 Å². The Balaban J connectivity index is 0.00000576. The van der Waals surface area contributed by atoms with Crippen LogP contribution in [0.15, 0.2) is 24.3 Å². The molecule has 1 radical (unpaired) electrons. The van der Waals surface area contributed by atoms with Crippen LogP contribution < -0.4 is 5.32 Å². The minimum absolute atomic E-state index is 0. The summed E-state index contributed by atoms with van der Waals surface area (Å²) >= 11 is 0. The number of carbonyl (C=O) groups excluding carboxylic acids is 2. The van der Waals surface area contributed by atoms with Crippen LogP contribution in [0.5, 0.6) is 0 Å². The SMILES string of the molecule is CCCCCC(=O)O[C@H](c1cc[c-]cc1)[C@@H](CF)NC(=O)C(C)C.[Y]. The van der Waals surface area contributed by atoms with E-state index in [2.05, 4.69) is 18.3 Å². The van der Waals surface area contributed by atoms with Crippen LogP contribution in [0.25, 0.3) is 0 Å². The van der Waals surface area contributed by atoms with Gasteiger partial charge in [0.25, 0.3) is 0 Å². The third-order valence-electron chi connectivity index (χ3n) is 3.70. The Morgan fingerprint density at radius 1 is 1.24 bits per heavy atom. The van der Waals surface area contributed by atoms with E-state index in [0.29, 0.717) is 12.0 Å². The summed E-state index contributed by atoms with van der Waals surface area (Å²) in [6.07, 6.45) is 2.13. The molecule has 0 bridgehead atoms. The maximum Gasteiger partial charge on any atom is 0.306 e. The number of amides is 1. The summed E-state index contributed by atoms with van der Waals surface area (Å²) in [5, 5.41) is 2.64. The molecule has 4 nitrogen and oxygen atoms in total. The van der Waals surface area contributed by atoms with Crippen LogP contribution in [0, 0.1) is 12.0 Å². The molecule has 1 N–H and O–H groups in total. The molecular weight excluding hydrogens is 398 g/mol. The molecule has 0 saturated carbocycles. The Morgan fingerprint density at radius 3 is 2.40 bits per heavy atom. The molecule has 2 atom stereocenters. The maximum absolute atomic E-state index is 13.6. The maximum atomic E-state index is 13.6. The first-order valence-corrected chi connectivity index (χ1v) is 8.51. The van der Waals surface area contributed by atoms with Crippen molar-refractivity contribution >= 4 is 11.9 Å². The van der Waals surface area contributed by atoms with Gasteiger partial charge in [-0.15, -0.1) is 5.56 Å². The van der Waals surface area contributed by atoms with Gasteiger partial charge in [-0.2, -0.15) is 30.3 Å². The van der Waals surface area contributed by atoms with Crippen LogP contribution in [0.1, 0.15) is 58.1 Å². The molecule has 137 valence electrons. The van der Waals surface area contributed by atoms with Crippen molar-refractivity contribution in [2.75, 3.05) is 6.67 Å². The number of hydrogen-bond acceptors (Lipinski definition) is 3. The summed E-state index contributed by atoms with van der Waals surface area (Å²) < 4.78 is 19.1. The number of nitrogens with one attached hydrogen (secondary N) is 1. The van der Waals surface area contributed by atoms with Crippen LogP contribution in [-0.2, 0) is 47.0 Å². The molecule has 1 aromatic carbocycles. The van der Waals surface area contributed by atoms with Gasteiger partial charge in [-0.3, -0.25) is 9.59 Å². The molecule has 6 heteroatoms. The summed E-state index contributed by atoms with van der Waals surface area (Å²) in [6, 6.07) is 8.75. The standard InChI is InChI=1S/C19H27FNO3.Y/c1-4-5-7-12-17(22)24-18(15-10-8-6-9-11-15)16(13-20)21-19(23)14(2)3;/h8-11,14,16,18H,4-5,7,12-13H2,1-3H3,(H,21,23);/q-1;/t16-,18-;/m1./s1. The first-order chi connectivity index (χ1) is 11.5. The van der Waals surface area contributed by atoms with Gasteiger partial charge in [-0.05, 0) is 6.42 Å². The first kappa shape index (κ1) is 24.2. The number of rotatable bonds is 10. The zero-order valence-electron chi connectivity index (χ0n) is 15.3. The van der Waals surface area contributed by atoms with Gasteiger partial charge in [0, 0.05) is 45.0 Å². The first-order valence-electron chi connectivity index (χ1n) is 8.51. The van der Waals surface area contributed by atoms with E-state index in [9.17, 15) is 14.0 Å². The quantitative estimate of drug-likeness (QED) is 0.353. The summed E-state index contributed by atoms with van der Waals surface area (Å²) in [4.78, 5) is 24.0. The minimum atomic E-state index is -0.905. The number of benzene rings is 1. The monoisotopic (exact) mass is 425 g/mol. The van der Waals surface area contributed by atoms with E-state index < -0.39 is 18.8 Å². The third kappa shape index (κ3) is 8.91. The molecule has 1 amide bonds. The second kappa shape index (κ2) is 13.4. The van der Waals surface area contributed by atoms with E-state index in [0.717, 1.165) is 19.3 Å². The van der Waals surface area contributed by atoms with Gasteiger partial charge in [0.1, 0.15) is 12.8 Å². The van der Waals surface area contributed by atoms with Gasteiger partial charge < -0.3 is 10.1 Å². The second-order valence-corrected chi connectivity index (χ2v) is 6.12. The minimum Gasteiger partial charge on any atom is -0.457 e. The number of alkyl halides is 1. The molecule has 1 aromatic rings. The molecule has 0 aliphatic heterocycles. The smallest absolute Gasteiger partial charge is 0.306 e. The topological polar surface area (TPSA) is 55.4 Å².